The predicted molar refractivity (Wildman–Crippen MR) is 211 cm³/mol. The quantitative estimate of drug-likeness (QED) is 0.158. The Balaban J connectivity index is 1.27. The highest BCUT2D eigenvalue weighted by atomic mass is 32.1. The zero-order chi connectivity index (χ0) is 32.2. The van der Waals surface area contributed by atoms with E-state index < -0.39 is 0 Å². The summed E-state index contributed by atoms with van der Waals surface area (Å²) in [5.74, 6) is 0. The topological polar surface area (TPSA) is 9.86 Å². The number of hydrogen-bond donors (Lipinski definition) is 0. The van der Waals surface area contributed by atoms with Crippen LogP contribution in [-0.4, -0.2) is 15.9 Å². The van der Waals surface area contributed by atoms with Crippen LogP contribution in [0.15, 0.2) is 140 Å². The summed E-state index contributed by atoms with van der Waals surface area (Å²) >= 11 is 1.93. The van der Waals surface area contributed by atoms with Gasteiger partial charge in [-0.15, -0.1) is 11.3 Å². The van der Waals surface area contributed by atoms with Crippen LogP contribution in [0.5, 0.6) is 0 Å². The number of para-hydroxylation sites is 3. The summed E-state index contributed by atoms with van der Waals surface area (Å²) in [7, 11) is 0. The SMILES string of the molecule is CC1(C)c2ccccc2-c2ccc3c4ccccc4n(B4c5ccccc5-n5c6ccc7c8ccccc8sc7c6c6cccc4c65)c3c21. The Labute approximate surface area is 287 Å². The monoisotopic (exact) mass is 640 g/mol. The third kappa shape index (κ3) is 3.06. The summed E-state index contributed by atoms with van der Waals surface area (Å²) in [6, 6.07) is 52.6. The van der Waals surface area contributed by atoms with Gasteiger partial charge in [-0.3, -0.25) is 0 Å². The van der Waals surface area contributed by atoms with Gasteiger partial charge in [0.1, 0.15) is 0 Å². The van der Waals surface area contributed by atoms with Crippen molar-refractivity contribution in [2.24, 2.45) is 0 Å². The molecule has 0 unspecified atom stereocenters. The van der Waals surface area contributed by atoms with E-state index in [1.807, 2.05) is 11.3 Å². The molecule has 1 aliphatic carbocycles. The number of nitrogens with zero attached hydrogens (tertiary/aromatic N) is 2. The Bertz CT molecular complexity index is 3100. The first-order chi connectivity index (χ1) is 24.1. The van der Waals surface area contributed by atoms with Gasteiger partial charge >= 0.3 is 6.85 Å². The van der Waals surface area contributed by atoms with Crippen molar-refractivity contribution in [3.63, 3.8) is 0 Å². The molecule has 1 aliphatic heterocycles. The van der Waals surface area contributed by atoms with E-state index in [9.17, 15) is 0 Å². The van der Waals surface area contributed by atoms with E-state index in [-0.39, 0.29) is 12.3 Å². The van der Waals surface area contributed by atoms with Crippen molar-refractivity contribution in [1.29, 1.82) is 0 Å². The van der Waals surface area contributed by atoms with Gasteiger partial charge in [-0.2, -0.15) is 0 Å². The highest BCUT2D eigenvalue weighted by Gasteiger charge is 2.41. The molecule has 10 aromatic rings. The minimum atomic E-state index is -0.139. The fraction of sp³-hybridized carbons (Fsp3) is 0.0667. The van der Waals surface area contributed by atoms with E-state index in [4.69, 9.17) is 0 Å². The highest BCUT2D eigenvalue weighted by Crippen LogP contribution is 2.53. The number of fused-ring (bicyclic) bond motifs is 16. The number of hydrogen-bond acceptors (Lipinski definition) is 1. The summed E-state index contributed by atoms with van der Waals surface area (Å²) in [5.41, 5.74) is 14.6. The highest BCUT2D eigenvalue weighted by molar-refractivity contribution is 7.26. The molecule has 228 valence electrons. The van der Waals surface area contributed by atoms with Gasteiger partial charge in [0.05, 0.1) is 11.0 Å². The van der Waals surface area contributed by atoms with Crippen molar-refractivity contribution in [3.8, 4) is 16.8 Å². The van der Waals surface area contributed by atoms with Gasteiger partial charge in [0.2, 0.25) is 0 Å². The first kappa shape index (κ1) is 26.4. The Morgan fingerprint density at radius 3 is 2.20 bits per heavy atom. The smallest absolute Gasteiger partial charge is 0.332 e. The van der Waals surface area contributed by atoms with Crippen LogP contribution in [0.4, 0.5) is 0 Å². The molecule has 0 N–H and O–H groups in total. The van der Waals surface area contributed by atoms with Crippen LogP contribution in [0.3, 0.4) is 0 Å². The molecule has 0 fully saturated rings. The molecule has 0 amide bonds. The van der Waals surface area contributed by atoms with Gasteiger partial charge in [0.15, 0.2) is 0 Å². The van der Waals surface area contributed by atoms with E-state index in [2.05, 4.69) is 162 Å². The minimum absolute atomic E-state index is 0.00280. The third-order valence-corrected chi connectivity index (χ3v) is 12.9. The molecule has 12 rings (SSSR count). The van der Waals surface area contributed by atoms with Crippen LogP contribution >= 0.6 is 11.3 Å². The summed E-state index contributed by atoms with van der Waals surface area (Å²) in [5, 5.41) is 8.04. The summed E-state index contributed by atoms with van der Waals surface area (Å²) in [4.78, 5) is 0. The second kappa shape index (κ2) is 8.90. The zero-order valence-electron chi connectivity index (χ0n) is 27.2. The lowest BCUT2D eigenvalue weighted by atomic mass is 9.48. The number of benzene rings is 7. The standard InChI is InChI=1S/C45H29BN2S/c1-45(2)33-16-6-3-12-26(33)29-22-23-30-27-13-4-8-19-36(27)48(43(30)41(29)45)46-34-17-7-9-20-37(34)47-38-25-24-31-28-14-5-10-21-39(28)49-44(31)40(38)32-15-11-18-35(46)42(32)47/h3-25H,1-2H3. The molecular formula is C45H29BN2S. The maximum atomic E-state index is 2.71. The summed E-state index contributed by atoms with van der Waals surface area (Å²) < 4.78 is 8.00. The second-order valence-electron chi connectivity index (χ2n) is 14.4. The van der Waals surface area contributed by atoms with Crippen molar-refractivity contribution in [3.05, 3.63) is 151 Å². The number of aromatic nitrogens is 2. The molecule has 2 aliphatic rings. The first-order valence-electron chi connectivity index (χ1n) is 17.2. The van der Waals surface area contributed by atoms with Gasteiger partial charge in [0.25, 0.3) is 0 Å². The fourth-order valence-corrected chi connectivity index (χ4v) is 11.1. The first-order valence-corrected chi connectivity index (χ1v) is 18.1. The average molecular weight is 641 g/mol. The molecule has 0 atom stereocenters. The number of rotatable bonds is 1. The van der Waals surface area contributed by atoms with Crippen LogP contribution in [-0.2, 0) is 5.41 Å². The second-order valence-corrected chi connectivity index (χ2v) is 15.5. The van der Waals surface area contributed by atoms with Gasteiger partial charge in [-0.25, -0.2) is 0 Å². The molecule has 3 aromatic heterocycles. The molecule has 0 saturated carbocycles. The van der Waals surface area contributed by atoms with E-state index in [0.29, 0.717) is 0 Å². The third-order valence-electron chi connectivity index (χ3n) is 11.7. The normalized spacial score (nSPS) is 14.4. The Morgan fingerprint density at radius 2 is 1.27 bits per heavy atom. The lowest BCUT2D eigenvalue weighted by molar-refractivity contribution is 0.664. The van der Waals surface area contributed by atoms with Gasteiger partial charge in [-0.1, -0.05) is 129 Å². The Kier molecular flexibility index (Phi) is 4.79. The summed E-state index contributed by atoms with van der Waals surface area (Å²) in [6.07, 6.45) is 0. The molecular weight excluding hydrogens is 611 g/mol. The molecule has 4 heterocycles. The fourth-order valence-electron chi connectivity index (χ4n) is 9.81. The van der Waals surface area contributed by atoms with Gasteiger partial charge < -0.3 is 9.05 Å². The van der Waals surface area contributed by atoms with Gasteiger partial charge in [0, 0.05) is 63.9 Å². The lowest BCUT2D eigenvalue weighted by Gasteiger charge is -2.30. The molecule has 7 aromatic carbocycles. The molecule has 0 saturated heterocycles. The lowest BCUT2D eigenvalue weighted by Crippen LogP contribution is -2.53. The molecule has 0 radical (unpaired) electrons. The van der Waals surface area contributed by atoms with Crippen LogP contribution in [0.25, 0.3) is 80.6 Å². The largest absolute Gasteiger partial charge is 0.376 e. The van der Waals surface area contributed by atoms with Gasteiger partial charge in [-0.05, 0) is 57.4 Å². The average Bonchev–Trinajstić information content (AvgIpc) is 3.85. The summed E-state index contributed by atoms with van der Waals surface area (Å²) in [6.45, 7) is 4.84. The molecule has 0 spiro atoms. The van der Waals surface area contributed by atoms with E-state index in [1.165, 1.54) is 103 Å². The van der Waals surface area contributed by atoms with Crippen molar-refractivity contribution in [2.75, 3.05) is 0 Å². The molecule has 4 heteroatoms. The van der Waals surface area contributed by atoms with Crippen molar-refractivity contribution in [2.45, 2.75) is 19.3 Å². The van der Waals surface area contributed by atoms with Crippen LogP contribution in [0, 0.1) is 0 Å². The maximum Gasteiger partial charge on any atom is 0.332 e. The Morgan fingerprint density at radius 1 is 0.531 bits per heavy atom. The maximum absolute atomic E-state index is 2.71. The van der Waals surface area contributed by atoms with Crippen LogP contribution in [0.1, 0.15) is 25.0 Å². The predicted octanol–water partition coefficient (Wildman–Crippen LogP) is 10.5. The van der Waals surface area contributed by atoms with Crippen LogP contribution < -0.4 is 10.9 Å². The molecule has 49 heavy (non-hydrogen) atoms. The van der Waals surface area contributed by atoms with E-state index >= 15 is 0 Å². The number of thiophene rings is 1. The zero-order valence-corrected chi connectivity index (χ0v) is 28.0. The molecule has 0 bridgehead atoms. The van der Waals surface area contributed by atoms with Crippen LogP contribution in [0.2, 0.25) is 0 Å². The van der Waals surface area contributed by atoms with E-state index in [0.717, 1.165) is 0 Å². The Hall–Kier alpha value is -5.58. The molecule has 2 nitrogen and oxygen atoms in total. The van der Waals surface area contributed by atoms with Crippen molar-refractivity contribution < 1.29 is 0 Å². The van der Waals surface area contributed by atoms with E-state index in [1.54, 1.807) is 0 Å². The minimum Gasteiger partial charge on any atom is -0.376 e. The van der Waals surface area contributed by atoms with Crippen molar-refractivity contribution in [1.82, 2.24) is 9.05 Å². The van der Waals surface area contributed by atoms with Crippen molar-refractivity contribution >= 4 is 92.9 Å².